The Morgan fingerprint density at radius 2 is 1.56 bits per heavy atom. The van der Waals surface area contributed by atoms with Crippen molar-refractivity contribution in [3.05, 3.63) is 65.7 Å². The van der Waals surface area contributed by atoms with Gasteiger partial charge in [-0.2, -0.15) is 13.2 Å². The predicted molar refractivity (Wildman–Crippen MR) is 115 cm³/mol. The molecule has 0 bridgehead atoms. The molecule has 1 unspecified atom stereocenters. The first kappa shape index (κ1) is 24.9. The smallest absolute Gasteiger partial charge is 0.340 e. The molecule has 2 aromatic carbocycles. The van der Waals surface area contributed by atoms with Crippen LogP contribution in [0.3, 0.4) is 0 Å². The van der Waals surface area contributed by atoms with Crippen LogP contribution in [0.25, 0.3) is 0 Å². The summed E-state index contributed by atoms with van der Waals surface area (Å²) in [7, 11) is 0. The fraction of sp³-hybridized carbons (Fsp3) is 0.348. The molecule has 172 valence electrons. The van der Waals surface area contributed by atoms with Crippen LogP contribution in [0.1, 0.15) is 36.7 Å². The van der Waals surface area contributed by atoms with Crippen molar-refractivity contribution < 1.29 is 27.6 Å². The number of para-hydroxylation sites is 1. The van der Waals surface area contributed by atoms with Crippen LogP contribution in [0, 0.1) is 5.92 Å². The van der Waals surface area contributed by atoms with E-state index in [2.05, 4.69) is 10.6 Å². The molecule has 0 saturated heterocycles. The Morgan fingerprint density at radius 1 is 0.969 bits per heavy atom. The molecule has 32 heavy (non-hydrogen) atoms. The largest absolute Gasteiger partial charge is 0.418 e. The zero-order valence-electron chi connectivity index (χ0n) is 18.1. The minimum absolute atomic E-state index is 0.137. The third-order valence-electron chi connectivity index (χ3n) is 4.79. The third kappa shape index (κ3) is 6.57. The molecule has 3 amide bonds. The van der Waals surface area contributed by atoms with Crippen LogP contribution in [-0.4, -0.2) is 41.8 Å². The van der Waals surface area contributed by atoms with E-state index in [1.165, 1.54) is 17.0 Å². The lowest BCUT2D eigenvalue weighted by atomic mass is 10.0. The summed E-state index contributed by atoms with van der Waals surface area (Å²) in [5, 5.41) is 4.92. The van der Waals surface area contributed by atoms with E-state index in [9.17, 15) is 27.6 Å². The minimum Gasteiger partial charge on any atom is -0.340 e. The molecular weight excluding hydrogens is 423 g/mol. The molecule has 1 atom stereocenters. The summed E-state index contributed by atoms with van der Waals surface area (Å²) in [4.78, 5) is 39.2. The Morgan fingerprint density at radius 3 is 2.12 bits per heavy atom. The number of hydrogen-bond donors (Lipinski definition) is 2. The highest BCUT2D eigenvalue weighted by molar-refractivity contribution is 5.99. The topological polar surface area (TPSA) is 78.5 Å². The third-order valence-corrected chi connectivity index (χ3v) is 4.79. The van der Waals surface area contributed by atoms with Crippen LogP contribution in [0.2, 0.25) is 0 Å². The first-order valence-corrected chi connectivity index (χ1v) is 10.1. The molecule has 9 heteroatoms. The Balaban J connectivity index is 2.12. The van der Waals surface area contributed by atoms with Gasteiger partial charge in [-0.3, -0.25) is 14.4 Å². The lowest BCUT2D eigenvalue weighted by molar-refractivity contribution is -0.138. The number of carbonyl (C=O) groups excluding carboxylic acids is 3. The fourth-order valence-electron chi connectivity index (χ4n) is 3.07. The highest BCUT2D eigenvalue weighted by Crippen LogP contribution is 2.34. The molecule has 0 spiro atoms. The molecule has 0 aliphatic heterocycles. The number of likely N-dealkylation sites (N-methyl/N-ethyl adjacent to an activating group) is 1. The van der Waals surface area contributed by atoms with Crippen molar-refractivity contribution in [3.63, 3.8) is 0 Å². The Bertz CT molecular complexity index is 946. The van der Waals surface area contributed by atoms with Gasteiger partial charge in [0.05, 0.1) is 17.8 Å². The van der Waals surface area contributed by atoms with E-state index in [1.54, 1.807) is 51.1 Å². The molecule has 6 nitrogen and oxygen atoms in total. The van der Waals surface area contributed by atoms with Gasteiger partial charge in [0, 0.05) is 12.1 Å². The Kier molecular flexibility index (Phi) is 8.40. The van der Waals surface area contributed by atoms with E-state index in [4.69, 9.17) is 0 Å². The highest BCUT2D eigenvalue weighted by Gasteiger charge is 2.34. The zero-order valence-corrected chi connectivity index (χ0v) is 18.1. The van der Waals surface area contributed by atoms with Crippen LogP contribution in [-0.2, 0) is 15.8 Å². The first-order valence-electron chi connectivity index (χ1n) is 10.1. The molecule has 0 fully saturated rings. The normalized spacial score (nSPS) is 12.2. The summed E-state index contributed by atoms with van der Waals surface area (Å²) >= 11 is 0. The molecule has 2 aromatic rings. The molecule has 0 aliphatic rings. The first-order chi connectivity index (χ1) is 15.0. The summed E-state index contributed by atoms with van der Waals surface area (Å²) < 4.78 is 39.5. The van der Waals surface area contributed by atoms with Gasteiger partial charge in [-0.1, -0.05) is 44.2 Å². The molecule has 0 aliphatic carbocycles. The monoisotopic (exact) mass is 449 g/mol. The van der Waals surface area contributed by atoms with Crippen LogP contribution in [0.4, 0.5) is 18.9 Å². The van der Waals surface area contributed by atoms with Crippen LogP contribution in [0.15, 0.2) is 54.6 Å². The lowest BCUT2D eigenvalue weighted by Gasteiger charge is -2.29. The van der Waals surface area contributed by atoms with Crippen molar-refractivity contribution in [2.75, 3.05) is 18.4 Å². The molecule has 0 radical (unpaired) electrons. The zero-order chi connectivity index (χ0) is 23.9. The van der Waals surface area contributed by atoms with Gasteiger partial charge < -0.3 is 15.5 Å². The average Bonchev–Trinajstić information content (AvgIpc) is 2.75. The molecule has 0 saturated carbocycles. The molecular formula is C23H26F3N3O3. The number of carbonyl (C=O) groups is 3. The van der Waals surface area contributed by atoms with Crippen LogP contribution < -0.4 is 10.6 Å². The van der Waals surface area contributed by atoms with Gasteiger partial charge in [0.25, 0.3) is 5.91 Å². The molecule has 2 N–H and O–H groups in total. The van der Waals surface area contributed by atoms with Gasteiger partial charge in [-0.15, -0.1) is 0 Å². The maximum absolute atomic E-state index is 13.2. The minimum atomic E-state index is -4.63. The lowest BCUT2D eigenvalue weighted by Crippen LogP contribution is -2.52. The second-order valence-corrected chi connectivity index (χ2v) is 7.51. The highest BCUT2D eigenvalue weighted by atomic mass is 19.4. The van der Waals surface area contributed by atoms with Gasteiger partial charge in [0.2, 0.25) is 11.8 Å². The van der Waals surface area contributed by atoms with Crippen LogP contribution in [0.5, 0.6) is 0 Å². The van der Waals surface area contributed by atoms with Gasteiger partial charge in [-0.25, -0.2) is 0 Å². The van der Waals surface area contributed by atoms with Crippen molar-refractivity contribution >= 4 is 23.4 Å². The number of anilines is 1. The number of nitrogens with one attached hydrogen (secondary N) is 2. The summed E-state index contributed by atoms with van der Waals surface area (Å²) in [5.74, 6) is -1.98. The number of benzene rings is 2. The SMILES string of the molecule is CCN(CC(=O)Nc1ccccc1C(F)(F)F)C(=O)C(NC(=O)c1ccccc1)C(C)C. The van der Waals surface area contributed by atoms with Crippen molar-refractivity contribution in [1.82, 2.24) is 10.2 Å². The summed E-state index contributed by atoms with van der Waals surface area (Å²) in [6.45, 7) is 4.83. The average molecular weight is 449 g/mol. The fourth-order valence-corrected chi connectivity index (χ4v) is 3.07. The number of hydrogen-bond acceptors (Lipinski definition) is 3. The molecule has 2 rings (SSSR count). The molecule has 0 aromatic heterocycles. The maximum atomic E-state index is 13.2. The number of amides is 3. The Hall–Kier alpha value is -3.36. The van der Waals surface area contributed by atoms with Crippen molar-refractivity contribution in [2.24, 2.45) is 5.92 Å². The van der Waals surface area contributed by atoms with Crippen LogP contribution >= 0.6 is 0 Å². The second-order valence-electron chi connectivity index (χ2n) is 7.51. The number of halogens is 3. The summed E-state index contributed by atoms with van der Waals surface area (Å²) in [5.41, 5.74) is -0.973. The van der Waals surface area contributed by atoms with Gasteiger partial charge in [0.1, 0.15) is 6.04 Å². The Labute approximate surface area is 184 Å². The van der Waals surface area contributed by atoms with Crippen molar-refractivity contribution in [3.8, 4) is 0 Å². The van der Waals surface area contributed by atoms with E-state index in [0.717, 1.165) is 12.1 Å². The number of nitrogens with zero attached hydrogens (tertiary/aromatic N) is 1. The van der Waals surface area contributed by atoms with Crippen molar-refractivity contribution in [1.29, 1.82) is 0 Å². The summed E-state index contributed by atoms with van der Waals surface area (Å²) in [6, 6.07) is 12.1. The predicted octanol–water partition coefficient (Wildman–Crippen LogP) is 3.95. The standard InChI is InChI=1S/C23H26F3N3O3/c1-4-29(14-19(30)27-18-13-9-8-12-17(18)23(24,25)26)22(32)20(15(2)3)28-21(31)16-10-6-5-7-11-16/h5-13,15,20H,4,14H2,1-3H3,(H,27,30)(H,28,31). The van der Waals surface area contributed by atoms with E-state index >= 15 is 0 Å². The summed E-state index contributed by atoms with van der Waals surface area (Å²) in [6.07, 6.45) is -4.63. The van der Waals surface area contributed by atoms with E-state index in [0.29, 0.717) is 5.56 Å². The van der Waals surface area contributed by atoms with Gasteiger partial charge >= 0.3 is 6.18 Å². The maximum Gasteiger partial charge on any atom is 0.418 e. The quantitative estimate of drug-likeness (QED) is 0.641. The molecule has 0 heterocycles. The number of alkyl halides is 3. The second kappa shape index (κ2) is 10.8. The van der Waals surface area contributed by atoms with Crippen molar-refractivity contribution in [2.45, 2.75) is 33.0 Å². The van der Waals surface area contributed by atoms with E-state index in [-0.39, 0.29) is 18.2 Å². The van der Waals surface area contributed by atoms with E-state index < -0.39 is 42.0 Å². The number of rotatable bonds is 8. The van der Waals surface area contributed by atoms with E-state index in [1.807, 2.05) is 0 Å². The van der Waals surface area contributed by atoms with Gasteiger partial charge in [-0.05, 0) is 37.1 Å². The van der Waals surface area contributed by atoms with Gasteiger partial charge in [0.15, 0.2) is 0 Å².